The fourth-order valence-corrected chi connectivity index (χ4v) is 2.63. The molecule has 4 nitrogen and oxygen atoms in total. The van der Waals surface area contributed by atoms with Gasteiger partial charge in [0.1, 0.15) is 5.82 Å². The monoisotopic (exact) mass is 377 g/mol. The van der Waals surface area contributed by atoms with E-state index in [0.29, 0.717) is 12.1 Å². The molecule has 1 aromatic heterocycles. The van der Waals surface area contributed by atoms with Crippen LogP contribution in [0.2, 0.25) is 0 Å². The summed E-state index contributed by atoms with van der Waals surface area (Å²) in [5.74, 6) is 0.668. The van der Waals surface area contributed by atoms with E-state index in [4.69, 9.17) is 0 Å². The molecule has 0 atom stereocenters. The molecule has 0 aliphatic heterocycles. The van der Waals surface area contributed by atoms with Crippen LogP contribution in [0.5, 0.6) is 0 Å². The summed E-state index contributed by atoms with van der Waals surface area (Å²) in [6.07, 6.45) is 0. The predicted octanol–water partition coefficient (Wildman–Crippen LogP) is 3.10. The Kier molecular flexibility index (Phi) is 3.68. The summed E-state index contributed by atoms with van der Waals surface area (Å²) in [5.41, 5.74) is 2.57. The molecular weight excluding hydrogens is 365 g/mol. The van der Waals surface area contributed by atoms with Gasteiger partial charge >= 0.3 is 0 Å². The van der Waals surface area contributed by atoms with Crippen molar-refractivity contribution < 1.29 is 4.79 Å². The molecule has 0 bridgehead atoms. The Morgan fingerprint density at radius 1 is 1.15 bits per heavy atom. The van der Waals surface area contributed by atoms with E-state index in [-0.39, 0.29) is 5.91 Å². The largest absolute Gasteiger partial charge is 0.345 e. The third-order valence-corrected chi connectivity index (χ3v) is 3.91. The third kappa shape index (κ3) is 2.67. The van der Waals surface area contributed by atoms with Crippen molar-refractivity contribution in [1.82, 2.24) is 15.3 Å². The third-order valence-electron chi connectivity index (χ3n) is 2.97. The molecule has 1 amide bonds. The summed E-state index contributed by atoms with van der Waals surface area (Å²) in [5, 5.41) is 2.88. The lowest BCUT2D eigenvalue weighted by Crippen LogP contribution is -2.24. The molecule has 5 heteroatoms. The highest BCUT2D eigenvalue weighted by Crippen LogP contribution is 2.12. The van der Waals surface area contributed by atoms with Gasteiger partial charge in [0.05, 0.1) is 23.1 Å². The molecule has 0 aliphatic carbocycles. The first-order valence-electron chi connectivity index (χ1n) is 6.20. The number of amides is 1. The number of H-pyrrole nitrogens is 1. The molecular formula is C15H12IN3O. The van der Waals surface area contributed by atoms with E-state index in [1.54, 1.807) is 0 Å². The highest BCUT2D eigenvalue weighted by atomic mass is 127. The van der Waals surface area contributed by atoms with Gasteiger partial charge in [0.15, 0.2) is 0 Å². The molecule has 3 rings (SSSR count). The van der Waals surface area contributed by atoms with Crippen molar-refractivity contribution in [2.24, 2.45) is 0 Å². The Hall–Kier alpha value is -1.89. The van der Waals surface area contributed by atoms with Crippen molar-refractivity contribution in [2.75, 3.05) is 0 Å². The molecule has 2 aromatic carbocycles. The second-order valence-electron chi connectivity index (χ2n) is 4.36. The summed E-state index contributed by atoms with van der Waals surface area (Å²) in [6.45, 7) is 0.387. The van der Waals surface area contributed by atoms with E-state index in [0.717, 1.165) is 20.4 Å². The van der Waals surface area contributed by atoms with Gasteiger partial charge in [-0.3, -0.25) is 4.79 Å². The van der Waals surface area contributed by atoms with E-state index >= 15 is 0 Å². The predicted molar refractivity (Wildman–Crippen MR) is 86.4 cm³/mol. The Morgan fingerprint density at radius 3 is 2.70 bits per heavy atom. The van der Waals surface area contributed by atoms with Gasteiger partial charge in [0.2, 0.25) is 0 Å². The van der Waals surface area contributed by atoms with E-state index < -0.39 is 0 Å². The van der Waals surface area contributed by atoms with Crippen molar-refractivity contribution >= 4 is 39.5 Å². The number of imidazole rings is 1. The Bertz CT molecular complexity index is 733. The van der Waals surface area contributed by atoms with Crippen LogP contribution in [0, 0.1) is 3.57 Å². The van der Waals surface area contributed by atoms with Crippen molar-refractivity contribution in [1.29, 1.82) is 0 Å². The maximum absolute atomic E-state index is 12.1. The summed E-state index contributed by atoms with van der Waals surface area (Å²) < 4.78 is 0.937. The average molecular weight is 377 g/mol. The lowest BCUT2D eigenvalue weighted by molar-refractivity contribution is 0.0949. The lowest BCUT2D eigenvalue weighted by Gasteiger charge is -2.04. The topological polar surface area (TPSA) is 57.8 Å². The molecule has 2 N–H and O–H groups in total. The van der Waals surface area contributed by atoms with E-state index in [1.807, 2.05) is 48.5 Å². The van der Waals surface area contributed by atoms with E-state index in [2.05, 4.69) is 37.9 Å². The minimum atomic E-state index is -0.0875. The number of fused-ring (bicyclic) bond motifs is 1. The normalized spacial score (nSPS) is 10.7. The number of carbonyl (C=O) groups is 1. The molecule has 0 saturated heterocycles. The summed E-state index contributed by atoms with van der Waals surface area (Å²) in [6, 6.07) is 15.3. The zero-order valence-electron chi connectivity index (χ0n) is 10.6. The first kappa shape index (κ1) is 13.1. The van der Waals surface area contributed by atoms with E-state index in [9.17, 15) is 4.79 Å². The van der Waals surface area contributed by atoms with Crippen molar-refractivity contribution in [3.05, 3.63) is 63.5 Å². The highest BCUT2D eigenvalue weighted by Gasteiger charge is 2.09. The molecule has 0 aliphatic rings. The van der Waals surface area contributed by atoms with Gasteiger partial charge < -0.3 is 10.3 Å². The van der Waals surface area contributed by atoms with Gasteiger partial charge in [0, 0.05) is 3.57 Å². The van der Waals surface area contributed by atoms with Gasteiger partial charge in [-0.05, 0) is 46.9 Å². The van der Waals surface area contributed by atoms with Crippen LogP contribution >= 0.6 is 22.6 Å². The minimum Gasteiger partial charge on any atom is -0.345 e. The first-order chi connectivity index (χ1) is 9.74. The van der Waals surface area contributed by atoms with Crippen LogP contribution in [0.25, 0.3) is 11.0 Å². The van der Waals surface area contributed by atoms with Gasteiger partial charge in [-0.25, -0.2) is 4.98 Å². The molecule has 3 aromatic rings. The lowest BCUT2D eigenvalue weighted by atomic mass is 10.2. The molecule has 100 valence electrons. The number of aromatic amines is 1. The van der Waals surface area contributed by atoms with Crippen LogP contribution in [-0.4, -0.2) is 15.9 Å². The van der Waals surface area contributed by atoms with Crippen molar-refractivity contribution in [2.45, 2.75) is 6.54 Å². The molecule has 0 unspecified atom stereocenters. The Morgan fingerprint density at radius 2 is 1.90 bits per heavy atom. The number of para-hydroxylation sites is 2. The zero-order valence-corrected chi connectivity index (χ0v) is 12.7. The second kappa shape index (κ2) is 5.62. The van der Waals surface area contributed by atoms with Gasteiger partial charge in [0.25, 0.3) is 5.91 Å². The number of nitrogens with one attached hydrogen (secondary N) is 2. The van der Waals surface area contributed by atoms with E-state index in [1.165, 1.54) is 0 Å². The van der Waals surface area contributed by atoms with Crippen LogP contribution in [0.4, 0.5) is 0 Å². The number of carbonyl (C=O) groups excluding carboxylic acids is 1. The van der Waals surface area contributed by atoms with Crippen LogP contribution < -0.4 is 5.32 Å². The summed E-state index contributed by atoms with van der Waals surface area (Å²) >= 11 is 2.16. The number of benzene rings is 2. The summed E-state index contributed by atoms with van der Waals surface area (Å²) in [4.78, 5) is 19.7. The maximum Gasteiger partial charge on any atom is 0.252 e. The highest BCUT2D eigenvalue weighted by molar-refractivity contribution is 14.1. The molecule has 20 heavy (non-hydrogen) atoms. The van der Waals surface area contributed by atoms with Crippen molar-refractivity contribution in [3.63, 3.8) is 0 Å². The maximum atomic E-state index is 12.1. The fraction of sp³-hybridized carbons (Fsp3) is 0.0667. The standard InChI is InChI=1S/C15H12IN3O/c16-11-6-2-1-5-10(11)15(20)17-9-14-18-12-7-3-4-8-13(12)19-14/h1-8H,9H2,(H,17,20)(H,18,19). The van der Waals surface area contributed by atoms with Gasteiger partial charge in [-0.1, -0.05) is 24.3 Å². The van der Waals surface area contributed by atoms with Crippen LogP contribution in [-0.2, 0) is 6.54 Å². The number of rotatable bonds is 3. The number of hydrogen-bond donors (Lipinski definition) is 2. The van der Waals surface area contributed by atoms with Gasteiger partial charge in [-0.2, -0.15) is 0 Å². The number of halogens is 1. The van der Waals surface area contributed by atoms with Gasteiger partial charge in [-0.15, -0.1) is 0 Å². The zero-order chi connectivity index (χ0) is 13.9. The average Bonchev–Trinajstić information content (AvgIpc) is 2.88. The smallest absolute Gasteiger partial charge is 0.252 e. The summed E-state index contributed by atoms with van der Waals surface area (Å²) in [7, 11) is 0. The fourth-order valence-electron chi connectivity index (χ4n) is 1.99. The van der Waals surface area contributed by atoms with Crippen LogP contribution in [0.15, 0.2) is 48.5 Å². The molecule has 0 fully saturated rings. The molecule has 0 spiro atoms. The number of nitrogens with zero attached hydrogens (tertiary/aromatic N) is 1. The molecule has 1 heterocycles. The Labute approximate surface area is 129 Å². The van der Waals surface area contributed by atoms with Crippen molar-refractivity contribution in [3.8, 4) is 0 Å². The SMILES string of the molecule is O=C(NCc1nc2ccccc2[nH]1)c1ccccc1I. The quantitative estimate of drug-likeness (QED) is 0.690. The van der Waals surface area contributed by atoms with Crippen LogP contribution in [0.3, 0.4) is 0 Å². The molecule has 0 saturated carbocycles. The number of hydrogen-bond acceptors (Lipinski definition) is 2. The Balaban J connectivity index is 1.73. The molecule has 0 radical (unpaired) electrons. The first-order valence-corrected chi connectivity index (χ1v) is 7.28. The minimum absolute atomic E-state index is 0.0875. The second-order valence-corrected chi connectivity index (χ2v) is 5.53. The number of aromatic nitrogens is 2. The van der Waals surface area contributed by atoms with Crippen LogP contribution in [0.1, 0.15) is 16.2 Å².